The molecule has 2 aromatic heterocycles. The highest BCUT2D eigenvalue weighted by Gasteiger charge is 2.22. The van der Waals surface area contributed by atoms with E-state index >= 15 is 0 Å². The molecule has 1 N–H and O–H groups in total. The van der Waals surface area contributed by atoms with Gasteiger partial charge in [-0.1, -0.05) is 11.6 Å². The molecular weight excluding hydrogens is 296 g/mol. The maximum atomic E-state index is 12.0. The molecule has 0 radical (unpaired) electrons. The highest BCUT2D eigenvalue weighted by molar-refractivity contribution is 7.89. The molecule has 2 rings (SSSR count). The van der Waals surface area contributed by atoms with Gasteiger partial charge in [-0.15, -0.1) is 11.3 Å². The Morgan fingerprint density at radius 2 is 2.22 bits per heavy atom. The number of nitrogens with zero attached hydrogens (tertiary/aromatic N) is 3. The molecule has 0 unspecified atom stereocenters. The number of hydrogen-bond acceptors (Lipinski definition) is 5. The summed E-state index contributed by atoms with van der Waals surface area (Å²) in [5, 5.41) is 0.816. The van der Waals surface area contributed by atoms with E-state index in [4.69, 9.17) is 11.6 Å². The minimum atomic E-state index is -3.69. The first-order chi connectivity index (χ1) is 8.40. The van der Waals surface area contributed by atoms with Gasteiger partial charge in [0, 0.05) is 24.7 Å². The Kier molecular flexibility index (Phi) is 3.71. The van der Waals surface area contributed by atoms with Gasteiger partial charge < -0.3 is 4.57 Å². The SMILES string of the molecule is Cc1ncc(CNS(=O)(=O)c2ncn(C)c2Cl)s1. The normalized spacial score (nSPS) is 11.9. The number of aryl methyl sites for hydroxylation is 2. The van der Waals surface area contributed by atoms with Crippen molar-refractivity contribution < 1.29 is 8.42 Å². The quantitative estimate of drug-likeness (QED) is 0.924. The lowest BCUT2D eigenvalue weighted by molar-refractivity contribution is 0.578. The maximum absolute atomic E-state index is 12.0. The lowest BCUT2D eigenvalue weighted by atomic mass is 10.6. The van der Waals surface area contributed by atoms with Crippen LogP contribution in [0, 0.1) is 6.92 Å². The van der Waals surface area contributed by atoms with Crippen LogP contribution in [-0.4, -0.2) is 23.0 Å². The van der Waals surface area contributed by atoms with Gasteiger partial charge in [0.2, 0.25) is 5.03 Å². The van der Waals surface area contributed by atoms with Crippen molar-refractivity contribution in [3.63, 3.8) is 0 Å². The van der Waals surface area contributed by atoms with Crippen LogP contribution < -0.4 is 4.72 Å². The molecular formula is C9H11ClN4O2S2. The molecule has 18 heavy (non-hydrogen) atoms. The Bertz CT molecular complexity index is 662. The molecule has 0 spiro atoms. The molecule has 0 bridgehead atoms. The minimum absolute atomic E-state index is 0.0861. The van der Waals surface area contributed by atoms with Gasteiger partial charge in [-0.2, -0.15) is 0 Å². The summed E-state index contributed by atoms with van der Waals surface area (Å²) in [5.41, 5.74) is 0. The van der Waals surface area contributed by atoms with E-state index in [0.29, 0.717) is 0 Å². The van der Waals surface area contributed by atoms with Crippen molar-refractivity contribution in [1.82, 2.24) is 19.3 Å². The Morgan fingerprint density at radius 1 is 1.50 bits per heavy atom. The molecule has 0 amide bonds. The molecule has 0 aromatic carbocycles. The number of halogens is 1. The van der Waals surface area contributed by atoms with E-state index in [9.17, 15) is 8.42 Å². The van der Waals surface area contributed by atoms with Crippen LogP contribution in [0.1, 0.15) is 9.88 Å². The predicted molar refractivity (Wildman–Crippen MR) is 69.1 cm³/mol. The van der Waals surface area contributed by atoms with Gasteiger partial charge >= 0.3 is 0 Å². The van der Waals surface area contributed by atoms with Crippen LogP contribution >= 0.6 is 22.9 Å². The molecule has 9 heteroatoms. The van der Waals surface area contributed by atoms with Gasteiger partial charge in [0.05, 0.1) is 11.3 Å². The summed E-state index contributed by atoms with van der Waals surface area (Å²) in [6.07, 6.45) is 3.00. The summed E-state index contributed by atoms with van der Waals surface area (Å²) in [5.74, 6) is 0. The minimum Gasteiger partial charge on any atom is -0.324 e. The predicted octanol–water partition coefficient (Wildman–Crippen LogP) is 1.32. The monoisotopic (exact) mass is 306 g/mol. The summed E-state index contributed by atoms with van der Waals surface area (Å²) < 4.78 is 27.8. The second kappa shape index (κ2) is 4.96. The molecule has 0 aliphatic heterocycles. The Labute approximate surface area is 114 Å². The van der Waals surface area contributed by atoms with E-state index < -0.39 is 10.0 Å². The molecule has 0 fully saturated rings. The molecule has 0 saturated heterocycles. The Hall–Kier alpha value is -0.960. The van der Waals surface area contributed by atoms with Gasteiger partial charge in [0.1, 0.15) is 5.15 Å². The van der Waals surface area contributed by atoms with Crippen molar-refractivity contribution in [1.29, 1.82) is 0 Å². The van der Waals surface area contributed by atoms with Crippen LogP contribution in [0.15, 0.2) is 17.6 Å². The smallest absolute Gasteiger partial charge is 0.261 e. The fraction of sp³-hybridized carbons (Fsp3) is 0.333. The third kappa shape index (κ3) is 2.72. The molecule has 2 aromatic rings. The van der Waals surface area contributed by atoms with Crippen LogP contribution in [0.3, 0.4) is 0 Å². The fourth-order valence-electron chi connectivity index (χ4n) is 1.30. The average Bonchev–Trinajstić information content (AvgIpc) is 2.85. The number of rotatable bonds is 4. The van der Waals surface area contributed by atoms with Gasteiger partial charge in [-0.05, 0) is 6.92 Å². The molecule has 0 atom stereocenters. The van der Waals surface area contributed by atoms with E-state index in [-0.39, 0.29) is 16.7 Å². The highest BCUT2D eigenvalue weighted by atomic mass is 35.5. The first-order valence-corrected chi connectivity index (χ1v) is 7.65. The van der Waals surface area contributed by atoms with E-state index in [2.05, 4.69) is 14.7 Å². The summed E-state index contributed by atoms with van der Waals surface area (Å²) in [4.78, 5) is 8.66. The number of imidazole rings is 1. The van der Waals surface area contributed by atoms with Gasteiger partial charge in [0.25, 0.3) is 10.0 Å². The van der Waals surface area contributed by atoms with Crippen LogP contribution in [0.25, 0.3) is 0 Å². The van der Waals surface area contributed by atoms with Crippen molar-refractivity contribution in [2.45, 2.75) is 18.5 Å². The van der Waals surface area contributed by atoms with Gasteiger partial charge in [-0.25, -0.2) is 23.1 Å². The summed E-state index contributed by atoms with van der Waals surface area (Å²) >= 11 is 7.29. The van der Waals surface area contributed by atoms with Crippen molar-refractivity contribution in [2.24, 2.45) is 7.05 Å². The Morgan fingerprint density at radius 3 is 2.72 bits per heavy atom. The molecule has 0 aliphatic carbocycles. The number of thiazole rings is 1. The lowest BCUT2D eigenvalue weighted by Crippen LogP contribution is -2.23. The van der Waals surface area contributed by atoms with Gasteiger partial charge in [-0.3, -0.25) is 0 Å². The zero-order valence-corrected chi connectivity index (χ0v) is 12.1. The average molecular weight is 307 g/mol. The fourth-order valence-corrected chi connectivity index (χ4v) is 3.55. The van der Waals surface area contributed by atoms with E-state index in [0.717, 1.165) is 9.88 Å². The second-order valence-electron chi connectivity index (χ2n) is 3.62. The zero-order valence-electron chi connectivity index (χ0n) is 9.71. The molecule has 6 nitrogen and oxygen atoms in total. The van der Waals surface area contributed by atoms with Crippen molar-refractivity contribution in [3.05, 3.63) is 27.6 Å². The lowest BCUT2D eigenvalue weighted by Gasteiger charge is -2.03. The summed E-state index contributed by atoms with van der Waals surface area (Å²) in [6.45, 7) is 2.04. The van der Waals surface area contributed by atoms with Crippen LogP contribution in [-0.2, 0) is 23.6 Å². The first-order valence-electron chi connectivity index (χ1n) is 4.98. The van der Waals surface area contributed by atoms with Crippen LogP contribution in [0.2, 0.25) is 5.15 Å². The largest absolute Gasteiger partial charge is 0.324 e. The van der Waals surface area contributed by atoms with Crippen LogP contribution in [0.5, 0.6) is 0 Å². The van der Waals surface area contributed by atoms with E-state index in [1.54, 1.807) is 13.2 Å². The highest BCUT2D eigenvalue weighted by Crippen LogP contribution is 2.19. The molecule has 2 heterocycles. The number of hydrogen-bond donors (Lipinski definition) is 1. The third-order valence-electron chi connectivity index (χ3n) is 2.19. The van der Waals surface area contributed by atoms with Crippen molar-refractivity contribution in [2.75, 3.05) is 0 Å². The molecule has 0 aliphatic rings. The number of sulfonamides is 1. The number of aromatic nitrogens is 3. The third-order valence-corrected chi connectivity index (χ3v) is 5.00. The number of nitrogens with one attached hydrogen (secondary N) is 1. The van der Waals surface area contributed by atoms with Crippen LogP contribution in [0.4, 0.5) is 0 Å². The Balaban J connectivity index is 2.15. The van der Waals surface area contributed by atoms with E-state index in [1.165, 1.54) is 22.2 Å². The standard InChI is InChI=1S/C9H11ClN4O2S2/c1-6-11-3-7(17-6)4-13-18(15,16)9-8(10)14(2)5-12-9/h3,5,13H,4H2,1-2H3. The van der Waals surface area contributed by atoms with Gasteiger partial charge in [0.15, 0.2) is 0 Å². The topological polar surface area (TPSA) is 76.9 Å². The van der Waals surface area contributed by atoms with E-state index in [1.807, 2.05) is 6.92 Å². The second-order valence-corrected chi connectivity index (χ2v) is 6.98. The van der Waals surface area contributed by atoms with Crippen molar-refractivity contribution >= 4 is 33.0 Å². The maximum Gasteiger partial charge on any atom is 0.261 e. The summed E-state index contributed by atoms with van der Waals surface area (Å²) in [6, 6.07) is 0. The zero-order chi connectivity index (χ0) is 13.3. The summed E-state index contributed by atoms with van der Waals surface area (Å²) in [7, 11) is -2.07. The first kappa shape index (κ1) is 13.5. The molecule has 0 saturated carbocycles. The van der Waals surface area contributed by atoms with Crippen molar-refractivity contribution in [3.8, 4) is 0 Å². The molecule has 98 valence electrons.